The van der Waals surface area contributed by atoms with Crippen LogP contribution < -0.4 is 0 Å². The van der Waals surface area contributed by atoms with Crippen LogP contribution in [0.4, 0.5) is 0 Å². The fourth-order valence-electron chi connectivity index (χ4n) is 3.04. The van der Waals surface area contributed by atoms with Gasteiger partial charge in [0.25, 0.3) is 0 Å². The predicted molar refractivity (Wildman–Crippen MR) is 57.5 cm³/mol. The second-order valence-electron chi connectivity index (χ2n) is 4.91. The van der Waals surface area contributed by atoms with Crippen molar-refractivity contribution in [2.75, 3.05) is 0 Å². The van der Waals surface area contributed by atoms with Gasteiger partial charge in [-0.2, -0.15) is 0 Å². The van der Waals surface area contributed by atoms with Crippen molar-refractivity contribution in [1.29, 1.82) is 0 Å². The quantitative estimate of drug-likeness (QED) is 0.503. The Morgan fingerprint density at radius 3 is 1.67 bits per heavy atom. The molecule has 0 aromatic carbocycles. The Bertz CT molecular complexity index is 127. The Labute approximate surface area is 78.7 Å². The molecule has 0 saturated heterocycles. The first-order chi connectivity index (χ1) is 5.79. The standard InChI is InChI=1S/C11H21P/c12-11-7-1-4-10(5-2-8-11)6-3-9-11/h10H,1-9,12H2. The molecule has 0 heterocycles. The zero-order valence-corrected chi connectivity index (χ0v) is 9.17. The van der Waals surface area contributed by atoms with E-state index in [1.165, 1.54) is 57.8 Å². The highest BCUT2D eigenvalue weighted by molar-refractivity contribution is 7.19. The van der Waals surface area contributed by atoms with Gasteiger partial charge in [0.1, 0.15) is 0 Å². The normalized spacial score (nSPS) is 43.2. The molecule has 1 unspecified atom stereocenters. The summed E-state index contributed by atoms with van der Waals surface area (Å²) in [7, 11) is 3.17. The van der Waals surface area contributed by atoms with Crippen LogP contribution in [-0.4, -0.2) is 5.16 Å². The van der Waals surface area contributed by atoms with E-state index in [9.17, 15) is 0 Å². The Hall–Kier alpha value is 0.430. The third-order valence-corrected chi connectivity index (χ3v) is 4.73. The van der Waals surface area contributed by atoms with Crippen molar-refractivity contribution in [2.24, 2.45) is 5.92 Å². The molecule has 0 aromatic rings. The van der Waals surface area contributed by atoms with Crippen molar-refractivity contribution in [3.8, 4) is 0 Å². The van der Waals surface area contributed by atoms with Crippen LogP contribution in [0.3, 0.4) is 0 Å². The molecule has 0 aromatic heterocycles. The molecule has 1 heteroatoms. The minimum Gasteiger partial charge on any atom is -0.131 e. The molecular weight excluding hydrogens is 163 g/mol. The van der Waals surface area contributed by atoms with Gasteiger partial charge in [0.2, 0.25) is 0 Å². The van der Waals surface area contributed by atoms with Gasteiger partial charge in [-0.1, -0.05) is 38.5 Å². The van der Waals surface area contributed by atoms with E-state index >= 15 is 0 Å². The largest absolute Gasteiger partial charge is 0.131 e. The van der Waals surface area contributed by atoms with Crippen LogP contribution in [0.15, 0.2) is 0 Å². The van der Waals surface area contributed by atoms with Crippen molar-refractivity contribution in [3.05, 3.63) is 0 Å². The third kappa shape index (κ3) is 2.02. The Kier molecular flexibility index (Phi) is 2.75. The molecular formula is C11H21P. The summed E-state index contributed by atoms with van der Waals surface area (Å²) in [6.07, 6.45) is 13.5. The summed E-state index contributed by atoms with van der Waals surface area (Å²) in [6.45, 7) is 0. The molecule has 70 valence electrons. The van der Waals surface area contributed by atoms with Gasteiger partial charge in [-0.3, -0.25) is 0 Å². The highest BCUT2D eigenvalue weighted by atomic mass is 31.0. The first kappa shape index (κ1) is 9.00. The molecule has 0 radical (unpaired) electrons. The second kappa shape index (κ2) is 3.66. The number of rotatable bonds is 0. The lowest BCUT2D eigenvalue weighted by Crippen LogP contribution is -2.26. The Morgan fingerprint density at radius 1 is 0.833 bits per heavy atom. The first-order valence-corrected chi connectivity index (χ1v) is 6.15. The zero-order chi connectivity index (χ0) is 8.44. The van der Waals surface area contributed by atoms with E-state index in [1.54, 1.807) is 0 Å². The van der Waals surface area contributed by atoms with Gasteiger partial charge in [-0.25, -0.2) is 0 Å². The maximum atomic E-state index is 3.17. The van der Waals surface area contributed by atoms with Gasteiger partial charge in [0.05, 0.1) is 0 Å². The predicted octanol–water partition coefficient (Wildman–Crippen LogP) is 3.75. The summed E-state index contributed by atoms with van der Waals surface area (Å²) < 4.78 is 0. The van der Waals surface area contributed by atoms with Crippen molar-refractivity contribution >= 4 is 9.24 Å². The molecule has 0 spiro atoms. The van der Waals surface area contributed by atoms with Crippen LogP contribution in [0.5, 0.6) is 0 Å². The lowest BCUT2D eigenvalue weighted by Gasteiger charge is -2.36. The summed E-state index contributed by atoms with van der Waals surface area (Å²) in [5.41, 5.74) is 0. The van der Waals surface area contributed by atoms with Crippen LogP contribution in [0, 0.1) is 5.92 Å². The second-order valence-corrected chi connectivity index (χ2v) is 6.13. The SMILES string of the molecule is PC12CCCC(CCC1)CCC2. The topological polar surface area (TPSA) is 0 Å². The van der Waals surface area contributed by atoms with Gasteiger partial charge in [-0.05, 0) is 30.3 Å². The lowest BCUT2D eigenvalue weighted by atomic mass is 9.77. The molecule has 2 bridgehead atoms. The average molecular weight is 184 g/mol. The Balaban J connectivity index is 2.06. The fourth-order valence-corrected chi connectivity index (χ4v) is 3.65. The maximum absolute atomic E-state index is 3.17. The van der Waals surface area contributed by atoms with E-state index in [4.69, 9.17) is 0 Å². The van der Waals surface area contributed by atoms with Crippen LogP contribution in [-0.2, 0) is 0 Å². The van der Waals surface area contributed by atoms with Gasteiger partial charge in [-0.15, -0.1) is 9.24 Å². The minimum atomic E-state index is 0.658. The zero-order valence-electron chi connectivity index (χ0n) is 8.02. The molecule has 0 aliphatic heterocycles. The van der Waals surface area contributed by atoms with Crippen LogP contribution in [0.25, 0.3) is 0 Å². The Morgan fingerprint density at radius 2 is 1.25 bits per heavy atom. The summed E-state index contributed by atoms with van der Waals surface area (Å²) in [4.78, 5) is 0. The summed E-state index contributed by atoms with van der Waals surface area (Å²) in [5, 5.41) is 0.658. The molecule has 12 heavy (non-hydrogen) atoms. The van der Waals surface area contributed by atoms with E-state index in [-0.39, 0.29) is 0 Å². The molecule has 0 N–H and O–H groups in total. The highest BCUT2D eigenvalue weighted by Crippen LogP contribution is 2.43. The molecule has 0 nitrogen and oxygen atoms in total. The van der Waals surface area contributed by atoms with Gasteiger partial charge < -0.3 is 0 Å². The molecule has 3 saturated carbocycles. The van der Waals surface area contributed by atoms with Crippen molar-refractivity contribution in [1.82, 2.24) is 0 Å². The fraction of sp³-hybridized carbons (Fsp3) is 1.00. The summed E-state index contributed by atoms with van der Waals surface area (Å²) in [6, 6.07) is 0. The van der Waals surface area contributed by atoms with Gasteiger partial charge in [0.15, 0.2) is 0 Å². The van der Waals surface area contributed by atoms with E-state index in [0.717, 1.165) is 5.92 Å². The number of fused-ring (bicyclic) bond motifs is 6. The molecule has 1 atom stereocenters. The van der Waals surface area contributed by atoms with E-state index in [2.05, 4.69) is 9.24 Å². The smallest absolute Gasteiger partial charge is 0.0150 e. The summed E-state index contributed by atoms with van der Waals surface area (Å²) >= 11 is 0. The van der Waals surface area contributed by atoms with Crippen molar-refractivity contribution in [2.45, 2.75) is 62.9 Å². The van der Waals surface area contributed by atoms with Gasteiger partial charge in [0, 0.05) is 0 Å². The third-order valence-electron chi connectivity index (χ3n) is 3.86. The van der Waals surface area contributed by atoms with Crippen LogP contribution in [0.1, 0.15) is 57.8 Å². The van der Waals surface area contributed by atoms with E-state index < -0.39 is 0 Å². The molecule has 0 amide bonds. The van der Waals surface area contributed by atoms with E-state index in [0.29, 0.717) is 5.16 Å². The van der Waals surface area contributed by atoms with Gasteiger partial charge >= 0.3 is 0 Å². The van der Waals surface area contributed by atoms with Crippen LogP contribution >= 0.6 is 9.24 Å². The number of hydrogen-bond acceptors (Lipinski definition) is 0. The van der Waals surface area contributed by atoms with E-state index in [1.807, 2.05) is 0 Å². The number of hydrogen-bond donors (Lipinski definition) is 0. The first-order valence-electron chi connectivity index (χ1n) is 5.57. The monoisotopic (exact) mass is 184 g/mol. The highest BCUT2D eigenvalue weighted by Gasteiger charge is 2.29. The maximum Gasteiger partial charge on any atom is -0.0150 e. The molecule has 3 aliphatic carbocycles. The minimum absolute atomic E-state index is 0.658. The molecule has 3 rings (SSSR count). The van der Waals surface area contributed by atoms with Crippen LogP contribution in [0.2, 0.25) is 0 Å². The van der Waals surface area contributed by atoms with Crippen molar-refractivity contribution in [3.63, 3.8) is 0 Å². The summed E-state index contributed by atoms with van der Waals surface area (Å²) in [5.74, 6) is 1.10. The molecule has 3 fully saturated rings. The van der Waals surface area contributed by atoms with Crippen molar-refractivity contribution < 1.29 is 0 Å². The lowest BCUT2D eigenvalue weighted by molar-refractivity contribution is 0.268. The molecule has 3 aliphatic rings. The average Bonchev–Trinajstić information content (AvgIpc) is 1.93.